The van der Waals surface area contributed by atoms with Gasteiger partial charge in [0.15, 0.2) is 11.6 Å². The number of hydrogen-bond acceptors (Lipinski definition) is 5. The first kappa shape index (κ1) is 8.49. The predicted octanol–water partition coefficient (Wildman–Crippen LogP) is 0.253. The molecule has 6 heteroatoms. The summed E-state index contributed by atoms with van der Waals surface area (Å²) in [6, 6.07) is 3.57. The molecular formula is C8H9N5O. The second kappa shape index (κ2) is 3.33. The molecular weight excluding hydrogens is 182 g/mol. The minimum absolute atomic E-state index is 0.206. The highest BCUT2D eigenvalue weighted by molar-refractivity contribution is 5.39. The van der Waals surface area contributed by atoms with Crippen LogP contribution in [0.4, 0.5) is 5.95 Å². The zero-order chi connectivity index (χ0) is 9.97. The molecule has 0 amide bonds. The van der Waals surface area contributed by atoms with Gasteiger partial charge in [-0.1, -0.05) is 0 Å². The summed E-state index contributed by atoms with van der Waals surface area (Å²) in [7, 11) is 1.57. The Bertz CT molecular complexity index is 439. The smallest absolute Gasteiger partial charge is 0.239 e. The third-order valence-corrected chi connectivity index (χ3v) is 1.70. The molecule has 0 saturated carbocycles. The van der Waals surface area contributed by atoms with Gasteiger partial charge >= 0.3 is 0 Å². The molecule has 72 valence electrons. The van der Waals surface area contributed by atoms with Crippen molar-refractivity contribution in [3.63, 3.8) is 0 Å². The second-order valence-corrected chi connectivity index (χ2v) is 2.58. The van der Waals surface area contributed by atoms with Gasteiger partial charge in [0.1, 0.15) is 6.33 Å². The molecule has 0 saturated heterocycles. The standard InChI is InChI=1S/C8H9N5O/c1-14-6-3-2-4-10-7(6)13-5-11-8(9)12-13/h2-5H,1H3,(H2,9,12). The van der Waals surface area contributed by atoms with Crippen LogP contribution in [0.2, 0.25) is 0 Å². The Labute approximate surface area is 80.4 Å². The molecule has 14 heavy (non-hydrogen) atoms. The molecule has 0 aliphatic carbocycles. The number of ether oxygens (including phenoxy) is 1. The predicted molar refractivity (Wildman–Crippen MR) is 50.1 cm³/mol. The number of rotatable bonds is 2. The van der Waals surface area contributed by atoms with Crippen LogP contribution in [0.3, 0.4) is 0 Å². The third-order valence-electron chi connectivity index (χ3n) is 1.70. The van der Waals surface area contributed by atoms with Gasteiger partial charge in [-0.2, -0.15) is 4.68 Å². The van der Waals surface area contributed by atoms with Crippen molar-refractivity contribution in [3.8, 4) is 11.6 Å². The van der Waals surface area contributed by atoms with E-state index < -0.39 is 0 Å². The van der Waals surface area contributed by atoms with Crippen molar-refractivity contribution in [1.29, 1.82) is 0 Å². The number of nitrogen functional groups attached to an aromatic ring is 1. The van der Waals surface area contributed by atoms with Gasteiger partial charge in [0.05, 0.1) is 7.11 Å². The number of nitrogens with two attached hydrogens (primary N) is 1. The van der Waals surface area contributed by atoms with Crippen LogP contribution in [-0.2, 0) is 0 Å². The summed E-state index contributed by atoms with van der Waals surface area (Å²) >= 11 is 0. The summed E-state index contributed by atoms with van der Waals surface area (Å²) in [6.07, 6.45) is 3.13. The maximum atomic E-state index is 5.40. The van der Waals surface area contributed by atoms with Crippen molar-refractivity contribution >= 4 is 5.95 Å². The first-order valence-electron chi connectivity index (χ1n) is 3.98. The van der Waals surface area contributed by atoms with E-state index in [0.717, 1.165) is 0 Å². The van der Waals surface area contributed by atoms with Gasteiger partial charge in [-0.15, -0.1) is 5.10 Å². The Hall–Kier alpha value is -2.11. The molecule has 2 aromatic heterocycles. The van der Waals surface area contributed by atoms with E-state index in [1.54, 1.807) is 25.4 Å². The van der Waals surface area contributed by atoms with E-state index in [0.29, 0.717) is 11.6 Å². The van der Waals surface area contributed by atoms with Crippen molar-refractivity contribution in [2.75, 3.05) is 12.8 Å². The Morgan fingerprint density at radius 1 is 1.43 bits per heavy atom. The molecule has 2 rings (SSSR count). The van der Waals surface area contributed by atoms with E-state index in [1.807, 2.05) is 0 Å². The fourth-order valence-corrected chi connectivity index (χ4v) is 1.09. The van der Waals surface area contributed by atoms with Crippen LogP contribution < -0.4 is 10.5 Å². The number of nitrogens with zero attached hydrogens (tertiary/aromatic N) is 4. The lowest BCUT2D eigenvalue weighted by Crippen LogP contribution is -2.01. The second-order valence-electron chi connectivity index (χ2n) is 2.58. The minimum Gasteiger partial charge on any atom is -0.493 e. The molecule has 0 aliphatic heterocycles. The Morgan fingerprint density at radius 3 is 2.93 bits per heavy atom. The fraction of sp³-hybridized carbons (Fsp3) is 0.125. The highest BCUT2D eigenvalue weighted by Crippen LogP contribution is 2.17. The van der Waals surface area contributed by atoms with E-state index in [9.17, 15) is 0 Å². The normalized spacial score (nSPS) is 10.1. The number of hydrogen-bond donors (Lipinski definition) is 1. The minimum atomic E-state index is 0.206. The zero-order valence-electron chi connectivity index (χ0n) is 7.58. The summed E-state index contributed by atoms with van der Waals surface area (Å²) in [5, 5.41) is 3.93. The summed E-state index contributed by atoms with van der Waals surface area (Å²) in [6.45, 7) is 0. The van der Waals surface area contributed by atoms with Crippen molar-refractivity contribution in [1.82, 2.24) is 19.7 Å². The van der Waals surface area contributed by atoms with Crippen molar-refractivity contribution in [2.24, 2.45) is 0 Å². The highest BCUT2D eigenvalue weighted by atomic mass is 16.5. The molecule has 0 atom stereocenters. The molecule has 0 aliphatic rings. The molecule has 0 radical (unpaired) electrons. The molecule has 2 aromatic rings. The highest BCUT2D eigenvalue weighted by Gasteiger charge is 2.06. The van der Waals surface area contributed by atoms with Crippen LogP contribution >= 0.6 is 0 Å². The molecule has 2 heterocycles. The molecule has 0 bridgehead atoms. The van der Waals surface area contributed by atoms with Crippen LogP contribution in [0, 0.1) is 0 Å². The van der Waals surface area contributed by atoms with Gasteiger partial charge in [-0.3, -0.25) is 0 Å². The molecule has 0 spiro atoms. The summed E-state index contributed by atoms with van der Waals surface area (Å²) in [4.78, 5) is 7.92. The van der Waals surface area contributed by atoms with Gasteiger partial charge in [0, 0.05) is 6.20 Å². The average molecular weight is 191 g/mol. The number of methoxy groups -OCH3 is 1. The van der Waals surface area contributed by atoms with Crippen molar-refractivity contribution in [3.05, 3.63) is 24.7 Å². The summed E-state index contributed by atoms with van der Waals surface area (Å²) in [5.41, 5.74) is 5.40. The maximum Gasteiger partial charge on any atom is 0.239 e. The van der Waals surface area contributed by atoms with Crippen LogP contribution in [-0.4, -0.2) is 26.9 Å². The lowest BCUT2D eigenvalue weighted by atomic mass is 10.4. The van der Waals surface area contributed by atoms with Crippen LogP contribution in [0.15, 0.2) is 24.7 Å². The number of anilines is 1. The van der Waals surface area contributed by atoms with E-state index in [4.69, 9.17) is 10.5 Å². The lowest BCUT2D eigenvalue weighted by molar-refractivity contribution is 0.409. The SMILES string of the molecule is COc1cccnc1-n1cnc(N)n1. The zero-order valence-corrected chi connectivity index (χ0v) is 7.58. The Balaban J connectivity index is 2.50. The third kappa shape index (κ3) is 1.37. The monoisotopic (exact) mass is 191 g/mol. The summed E-state index contributed by atoms with van der Waals surface area (Å²) in [5.74, 6) is 1.40. The van der Waals surface area contributed by atoms with Gasteiger partial charge in [-0.05, 0) is 12.1 Å². The molecule has 0 fully saturated rings. The Morgan fingerprint density at radius 2 is 2.29 bits per heavy atom. The Kier molecular flexibility index (Phi) is 2.02. The van der Waals surface area contributed by atoms with Gasteiger partial charge in [0.25, 0.3) is 0 Å². The number of pyridine rings is 1. The topological polar surface area (TPSA) is 78.8 Å². The first-order valence-corrected chi connectivity index (χ1v) is 3.98. The molecule has 6 nitrogen and oxygen atoms in total. The van der Waals surface area contributed by atoms with E-state index in [1.165, 1.54) is 11.0 Å². The molecule has 2 N–H and O–H groups in total. The van der Waals surface area contributed by atoms with Crippen LogP contribution in [0.5, 0.6) is 5.75 Å². The van der Waals surface area contributed by atoms with Crippen molar-refractivity contribution < 1.29 is 4.74 Å². The first-order chi connectivity index (χ1) is 6.81. The lowest BCUT2D eigenvalue weighted by Gasteiger charge is -2.04. The average Bonchev–Trinajstić information content (AvgIpc) is 2.65. The van der Waals surface area contributed by atoms with E-state index in [-0.39, 0.29) is 5.95 Å². The van der Waals surface area contributed by atoms with E-state index in [2.05, 4.69) is 15.1 Å². The maximum absolute atomic E-state index is 5.40. The molecule has 0 aromatic carbocycles. The van der Waals surface area contributed by atoms with Gasteiger partial charge < -0.3 is 10.5 Å². The van der Waals surface area contributed by atoms with Gasteiger partial charge in [0.2, 0.25) is 5.95 Å². The largest absolute Gasteiger partial charge is 0.493 e. The van der Waals surface area contributed by atoms with Crippen LogP contribution in [0.25, 0.3) is 5.82 Å². The fourth-order valence-electron chi connectivity index (χ4n) is 1.09. The quantitative estimate of drug-likeness (QED) is 0.736. The van der Waals surface area contributed by atoms with Crippen molar-refractivity contribution in [2.45, 2.75) is 0 Å². The molecule has 0 unspecified atom stereocenters. The van der Waals surface area contributed by atoms with E-state index >= 15 is 0 Å². The summed E-state index contributed by atoms with van der Waals surface area (Å²) < 4.78 is 6.58. The van der Waals surface area contributed by atoms with Gasteiger partial charge in [-0.25, -0.2) is 9.97 Å². The number of aromatic nitrogens is 4. The van der Waals surface area contributed by atoms with Crippen LogP contribution in [0.1, 0.15) is 0 Å².